The second kappa shape index (κ2) is 8.30. The predicted molar refractivity (Wildman–Crippen MR) is 81.9 cm³/mol. The van der Waals surface area contributed by atoms with E-state index in [1.807, 2.05) is 13.8 Å². The maximum atomic E-state index is 11.2. The van der Waals surface area contributed by atoms with E-state index in [2.05, 4.69) is 4.98 Å². The van der Waals surface area contributed by atoms with Gasteiger partial charge in [0, 0.05) is 12.7 Å². The zero-order chi connectivity index (χ0) is 16.8. The van der Waals surface area contributed by atoms with Gasteiger partial charge in [0.15, 0.2) is 0 Å². The highest BCUT2D eigenvalue weighted by Gasteiger charge is 2.18. The molecule has 1 aromatic heterocycles. The van der Waals surface area contributed by atoms with E-state index in [0.717, 1.165) is 17.4 Å². The molecule has 0 saturated carbocycles. The Balaban J connectivity index is 3.14. The van der Waals surface area contributed by atoms with E-state index in [4.69, 9.17) is 18.4 Å². The molecule has 0 aliphatic carbocycles. The fourth-order valence-electron chi connectivity index (χ4n) is 1.82. The third kappa shape index (κ3) is 5.43. The van der Waals surface area contributed by atoms with Crippen LogP contribution in [0.25, 0.3) is 0 Å². The summed E-state index contributed by atoms with van der Waals surface area (Å²) in [5, 5.41) is 0. The topological polar surface area (TPSA) is 84.0 Å². The highest BCUT2D eigenvalue weighted by Crippen LogP contribution is 2.32. The Labute approximate surface area is 131 Å². The molecule has 1 aromatic rings. The Bertz CT molecular complexity index is 600. The molecule has 0 atom stereocenters. The van der Waals surface area contributed by atoms with Crippen molar-refractivity contribution in [2.75, 3.05) is 33.2 Å². The molecule has 0 fully saturated rings. The lowest BCUT2D eigenvalue weighted by atomic mass is 10.1. The van der Waals surface area contributed by atoms with Gasteiger partial charge < -0.3 is 14.2 Å². The molecule has 0 N–H and O–H groups in total. The summed E-state index contributed by atoms with van der Waals surface area (Å²) in [7, 11) is -1.96. The first-order valence-corrected chi connectivity index (χ1v) is 8.70. The van der Waals surface area contributed by atoms with Crippen LogP contribution in [0, 0.1) is 13.8 Å². The molecule has 126 valence electrons. The summed E-state index contributed by atoms with van der Waals surface area (Å²) in [5.74, 6) is 1.02. The molecule has 0 bridgehead atoms. The van der Waals surface area contributed by atoms with Crippen LogP contribution in [-0.4, -0.2) is 46.6 Å². The minimum Gasteiger partial charge on any atom is -0.490 e. The van der Waals surface area contributed by atoms with Gasteiger partial charge in [-0.2, -0.15) is 8.42 Å². The second-order valence-corrected chi connectivity index (χ2v) is 6.33. The standard InChI is InChI=1S/C14H23NO6S/c1-6-19-14-11(3)13(20-8-7-18-4)10(2)12(15-14)9-21-22(5,16)17/h6-9H2,1-5H3. The second-order valence-electron chi connectivity index (χ2n) is 4.68. The Morgan fingerprint density at radius 2 is 1.77 bits per heavy atom. The summed E-state index contributed by atoms with van der Waals surface area (Å²) in [6, 6.07) is 0. The number of pyridine rings is 1. The summed E-state index contributed by atoms with van der Waals surface area (Å²) >= 11 is 0. The molecule has 8 heteroatoms. The van der Waals surface area contributed by atoms with Gasteiger partial charge in [0.1, 0.15) is 19.0 Å². The molecule has 7 nitrogen and oxygen atoms in total. The first-order valence-electron chi connectivity index (χ1n) is 6.89. The van der Waals surface area contributed by atoms with Crippen LogP contribution in [0.2, 0.25) is 0 Å². The summed E-state index contributed by atoms with van der Waals surface area (Å²) in [4.78, 5) is 4.33. The zero-order valence-corrected chi connectivity index (χ0v) is 14.4. The van der Waals surface area contributed by atoms with E-state index in [1.165, 1.54) is 0 Å². The maximum absolute atomic E-state index is 11.2. The number of hydrogen-bond acceptors (Lipinski definition) is 7. The van der Waals surface area contributed by atoms with Crippen molar-refractivity contribution in [3.8, 4) is 11.6 Å². The van der Waals surface area contributed by atoms with E-state index >= 15 is 0 Å². The highest BCUT2D eigenvalue weighted by atomic mass is 32.2. The molecule has 0 aliphatic heterocycles. The minimum absolute atomic E-state index is 0.161. The summed E-state index contributed by atoms with van der Waals surface area (Å²) in [5.41, 5.74) is 1.95. The number of hydrogen-bond donors (Lipinski definition) is 0. The Morgan fingerprint density at radius 1 is 1.09 bits per heavy atom. The third-order valence-electron chi connectivity index (χ3n) is 2.90. The average molecular weight is 333 g/mol. The third-order valence-corrected chi connectivity index (χ3v) is 3.44. The quantitative estimate of drug-likeness (QED) is 0.501. The van der Waals surface area contributed by atoms with Gasteiger partial charge in [-0.05, 0) is 20.8 Å². The van der Waals surface area contributed by atoms with Crippen LogP contribution in [0.5, 0.6) is 11.6 Å². The van der Waals surface area contributed by atoms with Crippen molar-refractivity contribution in [1.29, 1.82) is 0 Å². The molecule has 0 aliphatic rings. The van der Waals surface area contributed by atoms with Gasteiger partial charge in [0.05, 0.1) is 30.7 Å². The molecule has 1 rings (SSSR count). The average Bonchev–Trinajstić information content (AvgIpc) is 2.43. The van der Waals surface area contributed by atoms with Crippen molar-refractivity contribution in [1.82, 2.24) is 4.98 Å². The van der Waals surface area contributed by atoms with Crippen LogP contribution in [-0.2, 0) is 25.6 Å². The van der Waals surface area contributed by atoms with Crippen molar-refractivity contribution in [2.24, 2.45) is 0 Å². The highest BCUT2D eigenvalue weighted by molar-refractivity contribution is 7.85. The lowest BCUT2D eigenvalue weighted by Crippen LogP contribution is -2.12. The minimum atomic E-state index is -3.55. The van der Waals surface area contributed by atoms with E-state index in [-0.39, 0.29) is 6.61 Å². The fraction of sp³-hybridized carbons (Fsp3) is 0.643. The molecule has 1 heterocycles. The Kier molecular flexibility index (Phi) is 7.05. The zero-order valence-electron chi connectivity index (χ0n) is 13.6. The molecule has 0 amide bonds. The predicted octanol–water partition coefficient (Wildman–Crippen LogP) is 1.60. The molecular formula is C14H23NO6S. The van der Waals surface area contributed by atoms with Gasteiger partial charge in [-0.1, -0.05) is 0 Å². The van der Waals surface area contributed by atoms with Crippen LogP contribution in [0.15, 0.2) is 0 Å². The van der Waals surface area contributed by atoms with E-state index < -0.39 is 10.1 Å². The molecular weight excluding hydrogens is 310 g/mol. The van der Waals surface area contributed by atoms with Crippen molar-refractivity contribution >= 4 is 10.1 Å². The van der Waals surface area contributed by atoms with Crippen LogP contribution >= 0.6 is 0 Å². The molecule has 0 radical (unpaired) electrons. The van der Waals surface area contributed by atoms with E-state index in [9.17, 15) is 8.42 Å². The monoisotopic (exact) mass is 333 g/mol. The molecule has 0 unspecified atom stereocenters. The number of rotatable bonds is 9. The van der Waals surface area contributed by atoms with Gasteiger partial charge in [-0.25, -0.2) is 4.98 Å². The van der Waals surface area contributed by atoms with Crippen LogP contribution in [0.3, 0.4) is 0 Å². The number of ether oxygens (including phenoxy) is 3. The SMILES string of the molecule is CCOc1nc(COS(C)(=O)=O)c(C)c(OCCOC)c1C. The van der Waals surface area contributed by atoms with Crippen LogP contribution < -0.4 is 9.47 Å². The first-order chi connectivity index (χ1) is 10.3. The molecule has 22 heavy (non-hydrogen) atoms. The van der Waals surface area contributed by atoms with Crippen molar-refractivity contribution in [3.05, 3.63) is 16.8 Å². The lowest BCUT2D eigenvalue weighted by molar-refractivity contribution is 0.145. The molecule has 0 spiro atoms. The molecule has 0 aromatic carbocycles. The molecule has 0 saturated heterocycles. The van der Waals surface area contributed by atoms with Gasteiger partial charge in [-0.3, -0.25) is 4.18 Å². The lowest BCUT2D eigenvalue weighted by Gasteiger charge is -2.17. The summed E-state index contributed by atoms with van der Waals surface area (Å²) < 4.78 is 43.3. The number of methoxy groups -OCH3 is 1. The van der Waals surface area contributed by atoms with Crippen LogP contribution in [0.1, 0.15) is 23.7 Å². The van der Waals surface area contributed by atoms with Crippen molar-refractivity contribution < 1.29 is 26.8 Å². The smallest absolute Gasteiger partial charge is 0.264 e. The number of nitrogens with zero attached hydrogens (tertiary/aromatic N) is 1. The first kappa shape index (κ1) is 18.7. The van der Waals surface area contributed by atoms with E-state index in [1.54, 1.807) is 14.0 Å². The van der Waals surface area contributed by atoms with Crippen molar-refractivity contribution in [3.63, 3.8) is 0 Å². The normalized spacial score (nSPS) is 11.5. The van der Waals surface area contributed by atoms with Gasteiger partial charge in [-0.15, -0.1) is 0 Å². The summed E-state index contributed by atoms with van der Waals surface area (Å²) in [6.45, 7) is 6.60. The van der Waals surface area contributed by atoms with Gasteiger partial charge in [0.25, 0.3) is 10.1 Å². The van der Waals surface area contributed by atoms with Crippen LogP contribution in [0.4, 0.5) is 0 Å². The fourth-order valence-corrected chi connectivity index (χ4v) is 2.15. The van der Waals surface area contributed by atoms with Gasteiger partial charge >= 0.3 is 0 Å². The largest absolute Gasteiger partial charge is 0.490 e. The maximum Gasteiger partial charge on any atom is 0.264 e. The van der Waals surface area contributed by atoms with Gasteiger partial charge in [0.2, 0.25) is 5.88 Å². The Morgan fingerprint density at radius 3 is 2.32 bits per heavy atom. The summed E-state index contributed by atoms with van der Waals surface area (Å²) in [6.07, 6.45) is 0.996. The number of aromatic nitrogens is 1. The van der Waals surface area contributed by atoms with E-state index in [0.29, 0.717) is 37.1 Å². The Hall–Kier alpha value is -1.38. The van der Waals surface area contributed by atoms with Crippen molar-refractivity contribution in [2.45, 2.75) is 27.4 Å².